The number of carbonyl (C=O) groups excluding carboxylic acids is 1. The van der Waals surface area contributed by atoms with E-state index in [0.29, 0.717) is 12.6 Å². The van der Waals surface area contributed by atoms with E-state index in [0.717, 1.165) is 48.3 Å². The lowest BCUT2D eigenvalue weighted by atomic mass is 10.1. The van der Waals surface area contributed by atoms with Crippen molar-refractivity contribution >= 4 is 33.2 Å². The zero-order valence-electron chi connectivity index (χ0n) is 10.8. The molecule has 4 nitrogen and oxygen atoms in total. The zero-order chi connectivity index (χ0) is 13.5. The van der Waals surface area contributed by atoms with Crippen LogP contribution in [-0.2, 0) is 4.74 Å². The van der Waals surface area contributed by atoms with Crippen molar-refractivity contribution in [3.05, 3.63) is 20.8 Å². The van der Waals surface area contributed by atoms with E-state index in [9.17, 15) is 4.79 Å². The number of rotatable bonds is 6. The second-order valence-corrected chi connectivity index (χ2v) is 6.30. The van der Waals surface area contributed by atoms with Crippen molar-refractivity contribution in [3.8, 4) is 0 Å². The van der Waals surface area contributed by atoms with Gasteiger partial charge in [0, 0.05) is 17.6 Å². The molecule has 0 spiro atoms. The predicted octanol–water partition coefficient (Wildman–Crippen LogP) is 2.40. The Hall–Kier alpha value is -0.430. The van der Waals surface area contributed by atoms with E-state index in [-0.39, 0.29) is 5.91 Å². The monoisotopic (exact) mass is 346 g/mol. The average molecular weight is 347 g/mol. The zero-order valence-corrected chi connectivity index (χ0v) is 13.2. The first-order valence-electron chi connectivity index (χ1n) is 6.61. The lowest BCUT2D eigenvalue weighted by Crippen LogP contribution is -2.33. The summed E-state index contributed by atoms with van der Waals surface area (Å²) in [6, 6.07) is 1.89. The number of ether oxygens (including phenoxy) is 1. The molecule has 0 unspecified atom stereocenters. The smallest absolute Gasteiger partial charge is 0.262 e. The van der Waals surface area contributed by atoms with E-state index in [1.165, 1.54) is 11.3 Å². The molecule has 0 atom stereocenters. The maximum Gasteiger partial charge on any atom is 0.262 e. The molecule has 1 amide bonds. The lowest BCUT2D eigenvalue weighted by Gasteiger charge is -2.22. The number of carbonyl (C=O) groups is 1. The predicted molar refractivity (Wildman–Crippen MR) is 80.8 cm³/mol. The summed E-state index contributed by atoms with van der Waals surface area (Å²) in [6.07, 6.45) is 3.44. The van der Waals surface area contributed by atoms with Gasteiger partial charge in [0.25, 0.3) is 5.91 Å². The van der Waals surface area contributed by atoms with Crippen LogP contribution in [0.2, 0.25) is 0 Å². The Balaban J connectivity index is 1.56. The molecule has 0 aromatic carbocycles. The maximum atomic E-state index is 11.8. The van der Waals surface area contributed by atoms with Crippen LogP contribution in [0.4, 0.5) is 0 Å². The fourth-order valence-corrected chi connectivity index (χ4v) is 3.49. The molecule has 1 aromatic rings. The molecule has 1 fully saturated rings. The normalized spacial score (nSPS) is 16.5. The molecule has 1 aliphatic heterocycles. The van der Waals surface area contributed by atoms with Gasteiger partial charge in [0.1, 0.15) is 4.88 Å². The lowest BCUT2D eigenvalue weighted by molar-refractivity contribution is 0.0318. The van der Waals surface area contributed by atoms with Gasteiger partial charge in [0.15, 0.2) is 0 Å². The van der Waals surface area contributed by atoms with E-state index in [1.807, 2.05) is 11.4 Å². The van der Waals surface area contributed by atoms with Crippen molar-refractivity contribution in [1.82, 2.24) is 10.6 Å². The van der Waals surface area contributed by atoms with Crippen LogP contribution in [0.25, 0.3) is 0 Å². The van der Waals surface area contributed by atoms with Crippen LogP contribution < -0.4 is 10.6 Å². The summed E-state index contributed by atoms with van der Waals surface area (Å²) in [5, 5.41) is 8.13. The van der Waals surface area contributed by atoms with E-state index in [2.05, 4.69) is 26.6 Å². The number of piperidine rings is 1. The van der Waals surface area contributed by atoms with Gasteiger partial charge in [-0.2, -0.15) is 0 Å². The van der Waals surface area contributed by atoms with Crippen molar-refractivity contribution in [2.45, 2.75) is 25.4 Å². The van der Waals surface area contributed by atoms with Gasteiger partial charge in [0.05, 0.1) is 6.10 Å². The third-order valence-corrected chi connectivity index (χ3v) is 4.91. The summed E-state index contributed by atoms with van der Waals surface area (Å²) in [4.78, 5) is 12.5. The Morgan fingerprint density at radius 1 is 1.53 bits per heavy atom. The average Bonchev–Trinajstić information content (AvgIpc) is 2.86. The van der Waals surface area contributed by atoms with E-state index in [4.69, 9.17) is 4.74 Å². The molecule has 0 aliphatic carbocycles. The van der Waals surface area contributed by atoms with Crippen LogP contribution in [0.1, 0.15) is 28.9 Å². The summed E-state index contributed by atoms with van der Waals surface area (Å²) in [5.74, 6) is -0.0104. The second kappa shape index (κ2) is 7.99. The summed E-state index contributed by atoms with van der Waals surface area (Å²) in [5.41, 5.74) is 0. The highest BCUT2D eigenvalue weighted by Gasteiger charge is 2.13. The Morgan fingerprint density at radius 3 is 3.00 bits per heavy atom. The summed E-state index contributed by atoms with van der Waals surface area (Å²) in [6.45, 7) is 3.48. The fraction of sp³-hybridized carbons (Fsp3) is 0.615. The van der Waals surface area contributed by atoms with Crippen LogP contribution in [0, 0.1) is 0 Å². The molecule has 1 saturated heterocycles. The molecule has 1 aliphatic rings. The van der Waals surface area contributed by atoms with Gasteiger partial charge in [-0.25, -0.2) is 0 Å². The fourth-order valence-electron chi connectivity index (χ4n) is 2.02. The quantitative estimate of drug-likeness (QED) is 0.777. The van der Waals surface area contributed by atoms with Gasteiger partial charge in [-0.05, 0) is 59.7 Å². The van der Waals surface area contributed by atoms with Gasteiger partial charge in [-0.15, -0.1) is 11.3 Å². The van der Waals surface area contributed by atoms with Crippen molar-refractivity contribution in [3.63, 3.8) is 0 Å². The van der Waals surface area contributed by atoms with Crippen LogP contribution in [0.15, 0.2) is 15.9 Å². The second-order valence-electron chi connectivity index (χ2n) is 4.53. The van der Waals surface area contributed by atoms with E-state index < -0.39 is 0 Å². The first kappa shape index (κ1) is 15.0. The molecule has 0 saturated carbocycles. The first-order chi connectivity index (χ1) is 9.27. The third kappa shape index (κ3) is 4.87. The summed E-state index contributed by atoms with van der Waals surface area (Å²) >= 11 is 4.81. The molecule has 0 bridgehead atoms. The molecule has 106 valence electrons. The SMILES string of the molecule is O=C(NCCCOC1CCNCC1)c1sccc1Br. The molecule has 0 radical (unpaired) electrons. The highest BCUT2D eigenvalue weighted by molar-refractivity contribution is 9.10. The van der Waals surface area contributed by atoms with E-state index >= 15 is 0 Å². The number of halogens is 1. The van der Waals surface area contributed by atoms with Crippen molar-refractivity contribution in [1.29, 1.82) is 0 Å². The molecule has 6 heteroatoms. The minimum absolute atomic E-state index is 0.0104. The van der Waals surface area contributed by atoms with Crippen LogP contribution in [0.5, 0.6) is 0 Å². The number of amides is 1. The Kier molecular flexibility index (Phi) is 6.30. The highest BCUT2D eigenvalue weighted by atomic mass is 79.9. The van der Waals surface area contributed by atoms with Crippen molar-refractivity contribution in [2.24, 2.45) is 0 Å². The number of thiophene rings is 1. The topological polar surface area (TPSA) is 50.4 Å². The van der Waals surface area contributed by atoms with Gasteiger partial charge in [0.2, 0.25) is 0 Å². The highest BCUT2D eigenvalue weighted by Crippen LogP contribution is 2.22. The molecule has 2 N–H and O–H groups in total. The first-order valence-corrected chi connectivity index (χ1v) is 8.28. The molecular weight excluding hydrogens is 328 g/mol. The van der Waals surface area contributed by atoms with Gasteiger partial charge in [-0.3, -0.25) is 4.79 Å². The Labute approximate surface area is 126 Å². The maximum absolute atomic E-state index is 11.8. The molecule has 2 rings (SSSR count). The molecule has 19 heavy (non-hydrogen) atoms. The number of hydrogen-bond acceptors (Lipinski definition) is 4. The van der Waals surface area contributed by atoms with Crippen molar-refractivity contribution < 1.29 is 9.53 Å². The number of nitrogens with one attached hydrogen (secondary N) is 2. The van der Waals surface area contributed by atoms with Gasteiger partial charge >= 0.3 is 0 Å². The van der Waals surface area contributed by atoms with Crippen molar-refractivity contribution in [2.75, 3.05) is 26.2 Å². The Morgan fingerprint density at radius 2 is 2.32 bits per heavy atom. The van der Waals surface area contributed by atoms with Crippen LogP contribution in [-0.4, -0.2) is 38.3 Å². The third-order valence-electron chi connectivity index (χ3n) is 3.07. The number of hydrogen-bond donors (Lipinski definition) is 2. The standard InChI is InChI=1S/C13H19BrN2O2S/c14-11-4-9-19-12(11)13(17)16-5-1-8-18-10-2-6-15-7-3-10/h4,9-10,15H,1-3,5-8H2,(H,16,17). The molecule has 2 heterocycles. The molecular formula is C13H19BrN2O2S. The minimum Gasteiger partial charge on any atom is -0.378 e. The summed E-state index contributed by atoms with van der Waals surface area (Å²) < 4.78 is 6.64. The van der Waals surface area contributed by atoms with E-state index in [1.54, 1.807) is 0 Å². The van der Waals surface area contributed by atoms with Crippen LogP contribution in [0.3, 0.4) is 0 Å². The minimum atomic E-state index is -0.0104. The largest absolute Gasteiger partial charge is 0.378 e. The van der Waals surface area contributed by atoms with Gasteiger partial charge in [-0.1, -0.05) is 0 Å². The Bertz CT molecular complexity index is 405. The molecule has 1 aromatic heterocycles. The van der Waals surface area contributed by atoms with Gasteiger partial charge < -0.3 is 15.4 Å². The van der Waals surface area contributed by atoms with Crippen LogP contribution >= 0.6 is 27.3 Å². The summed E-state index contributed by atoms with van der Waals surface area (Å²) in [7, 11) is 0.